The fraction of sp³-hybridized carbons (Fsp3) is 0.174. The molecule has 0 aliphatic carbocycles. The maximum atomic E-state index is 13.0. The number of amides is 1. The number of anilines is 1. The molecule has 4 rings (SSSR count). The molecule has 1 N–H and O–H groups in total. The number of Topliss-reactive ketones (excluding diaryl/α,β-unsaturated/α-hetero) is 1. The quantitative estimate of drug-likeness (QED) is 0.402. The third-order valence-corrected chi connectivity index (χ3v) is 5.04. The van der Waals surface area contributed by atoms with Crippen LogP contribution in [0.2, 0.25) is 0 Å². The summed E-state index contributed by atoms with van der Waals surface area (Å²) in [6.07, 6.45) is 0. The van der Waals surface area contributed by atoms with E-state index in [1.807, 2.05) is 31.2 Å². The van der Waals surface area contributed by atoms with Crippen LogP contribution in [0.3, 0.4) is 0 Å². The lowest BCUT2D eigenvalue weighted by atomic mass is 9.94. The molecule has 0 radical (unpaired) electrons. The SMILES string of the molecule is COc1cccc(C(O)=C2C(=O)C(=O)N(c3cc(C)on3)[C@H]2c2ccc(C)cc2)c1. The van der Waals surface area contributed by atoms with E-state index in [0.29, 0.717) is 22.6 Å². The zero-order valence-corrected chi connectivity index (χ0v) is 16.7. The molecule has 7 nitrogen and oxygen atoms in total. The molecule has 0 saturated carbocycles. The predicted molar refractivity (Wildman–Crippen MR) is 110 cm³/mol. The highest BCUT2D eigenvalue weighted by Gasteiger charge is 2.48. The molecule has 1 aromatic heterocycles. The standard InChI is InChI=1S/C23H20N2O5/c1-13-7-9-15(10-8-13)20-19(21(26)16-5-4-6-17(12-16)29-3)22(27)23(28)25(20)18-11-14(2)30-24-18/h4-12,20,26H,1-3H3/t20-/m0/s1. The third-order valence-electron chi connectivity index (χ3n) is 5.04. The van der Waals surface area contributed by atoms with Gasteiger partial charge in [-0.1, -0.05) is 47.1 Å². The van der Waals surface area contributed by atoms with Crippen molar-refractivity contribution < 1.29 is 24.0 Å². The second-order valence-corrected chi connectivity index (χ2v) is 7.11. The van der Waals surface area contributed by atoms with Gasteiger partial charge in [-0.25, -0.2) is 0 Å². The summed E-state index contributed by atoms with van der Waals surface area (Å²) in [4.78, 5) is 27.2. The van der Waals surface area contributed by atoms with Gasteiger partial charge in [-0.05, 0) is 31.5 Å². The monoisotopic (exact) mass is 404 g/mol. The van der Waals surface area contributed by atoms with Gasteiger partial charge in [0.15, 0.2) is 5.82 Å². The highest BCUT2D eigenvalue weighted by Crippen LogP contribution is 2.42. The number of rotatable bonds is 4. The Morgan fingerprint density at radius 1 is 1.10 bits per heavy atom. The van der Waals surface area contributed by atoms with Gasteiger partial charge in [-0.2, -0.15) is 0 Å². The van der Waals surface area contributed by atoms with Crippen LogP contribution in [0.1, 0.15) is 28.5 Å². The fourth-order valence-electron chi connectivity index (χ4n) is 3.53. The Kier molecular flexibility index (Phi) is 4.87. The average molecular weight is 404 g/mol. The highest BCUT2D eigenvalue weighted by molar-refractivity contribution is 6.51. The molecule has 0 unspecified atom stereocenters. The van der Waals surface area contributed by atoms with E-state index in [2.05, 4.69) is 5.16 Å². The first kappa shape index (κ1) is 19.4. The summed E-state index contributed by atoms with van der Waals surface area (Å²) in [5.74, 6) is -0.611. The minimum Gasteiger partial charge on any atom is -0.507 e. The summed E-state index contributed by atoms with van der Waals surface area (Å²) < 4.78 is 10.3. The molecular weight excluding hydrogens is 384 g/mol. The normalized spacial score (nSPS) is 18.1. The molecule has 0 spiro atoms. The van der Waals surface area contributed by atoms with Crippen LogP contribution in [-0.2, 0) is 9.59 Å². The summed E-state index contributed by atoms with van der Waals surface area (Å²) >= 11 is 0. The van der Waals surface area contributed by atoms with Crippen LogP contribution in [0.25, 0.3) is 5.76 Å². The highest BCUT2D eigenvalue weighted by atomic mass is 16.5. The van der Waals surface area contributed by atoms with Crippen LogP contribution in [0.5, 0.6) is 5.75 Å². The van der Waals surface area contributed by atoms with Crippen molar-refractivity contribution >= 4 is 23.3 Å². The van der Waals surface area contributed by atoms with Gasteiger partial charge >= 0.3 is 5.91 Å². The van der Waals surface area contributed by atoms with Gasteiger partial charge in [0, 0.05) is 11.6 Å². The van der Waals surface area contributed by atoms with E-state index in [0.717, 1.165) is 5.56 Å². The van der Waals surface area contributed by atoms with Crippen molar-refractivity contribution in [1.29, 1.82) is 0 Å². The van der Waals surface area contributed by atoms with Gasteiger partial charge in [-0.3, -0.25) is 14.5 Å². The van der Waals surface area contributed by atoms with Gasteiger partial charge < -0.3 is 14.4 Å². The van der Waals surface area contributed by atoms with E-state index < -0.39 is 17.7 Å². The number of aromatic nitrogens is 1. The lowest BCUT2D eigenvalue weighted by Crippen LogP contribution is -2.29. The van der Waals surface area contributed by atoms with Gasteiger partial charge in [0.2, 0.25) is 0 Å². The predicted octanol–water partition coefficient (Wildman–Crippen LogP) is 3.93. The number of nitrogens with zero attached hydrogens (tertiary/aromatic N) is 2. The van der Waals surface area contributed by atoms with E-state index in [-0.39, 0.29) is 17.2 Å². The van der Waals surface area contributed by atoms with Crippen LogP contribution >= 0.6 is 0 Å². The van der Waals surface area contributed by atoms with E-state index in [4.69, 9.17) is 9.26 Å². The van der Waals surface area contributed by atoms with Crippen molar-refractivity contribution in [2.45, 2.75) is 19.9 Å². The molecule has 1 saturated heterocycles. The number of benzene rings is 2. The minimum atomic E-state index is -0.846. The number of hydrogen-bond acceptors (Lipinski definition) is 6. The smallest absolute Gasteiger partial charge is 0.301 e. The number of methoxy groups -OCH3 is 1. The van der Waals surface area contributed by atoms with Crippen LogP contribution in [0, 0.1) is 13.8 Å². The molecule has 3 aromatic rings. The minimum absolute atomic E-state index is 0.0160. The maximum Gasteiger partial charge on any atom is 0.301 e. The number of aliphatic hydroxyl groups is 1. The van der Waals surface area contributed by atoms with Gasteiger partial charge in [0.25, 0.3) is 5.78 Å². The fourth-order valence-corrected chi connectivity index (χ4v) is 3.53. The van der Waals surface area contributed by atoms with Crippen LogP contribution in [-0.4, -0.2) is 29.1 Å². The van der Waals surface area contributed by atoms with Crippen molar-refractivity contribution in [2.75, 3.05) is 12.0 Å². The Morgan fingerprint density at radius 2 is 1.83 bits per heavy atom. The number of carbonyl (C=O) groups excluding carboxylic acids is 2. The Hall–Kier alpha value is -3.87. The average Bonchev–Trinajstić information content (AvgIpc) is 3.29. The number of carbonyl (C=O) groups is 2. The van der Waals surface area contributed by atoms with E-state index in [1.54, 1.807) is 37.3 Å². The number of ether oxygens (including phenoxy) is 1. The lowest BCUT2D eigenvalue weighted by Gasteiger charge is -2.23. The molecular formula is C23H20N2O5. The Balaban J connectivity index is 1.94. The molecule has 7 heteroatoms. The molecule has 1 amide bonds. The zero-order valence-electron chi connectivity index (χ0n) is 16.7. The van der Waals surface area contributed by atoms with Crippen LogP contribution < -0.4 is 9.64 Å². The maximum absolute atomic E-state index is 13.0. The molecule has 1 aliphatic rings. The van der Waals surface area contributed by atoms with Crippen molar-refractivity contribution in [3.05, 3.63) is 82.6 Å². The molecule has 1 aliphatic heterocycles. The number of ketones is 1. The second-order valence-electron chi connectivity index (χ2n) is 7.11. The van der Waals surface area contributed by atoms with Crippen molar-refractivity contribution in [1.82, 2.24) is 5.16 Å². The second kappa shape index (κ2) is 7.51. The van der Waals surface area contributed by atoms with E-state index in [1.165, 1.54) is 12.0 Å². The molecule has 2 heterocycles. The Labute approximate surface area is 173 Å². The Morgan fingerprint density at radius 3 is 2.47 bits per heavy atom. The Bertz CT molecular complexity index is 1160. The van der Waals surface area contributed by atoms with E-state index in [9.17, 15) is 14.7 Å². The van der Waals surface area contributed by atoms with E-state index >= 15 is 0 Å². The first-order chi connectivity index (χ1) is 14.4. The lowest BCUT2D eigenvalue weighted by molar-refractivity contribution is -0.132. The molecule has 2 aromatic carbocycles. The van der Waals surface area contributed by atoms with Gasteiger partial charge in [0.1, 0.15) is 17.3 Å². The van der Waals surface area contributed by atoms with Crippen molar-refractivity contribution in [2.24, 2.45) is 0 Å². The summed E-state index contributed by atoms with van der Waals surface area (Å²) in [5, 5.41) is 15.0. The summed E-state index contributed by atoms with van der Waals surface area (Å²) in [6.45, 7) is 3.64. The summed E-state index contributed by atoms with van der Waals surface area (Å²) in [5.41, 5.74) is 2.06. The zero-order chi connectivity index (χ0) is 21.4. The third kappa shape index (κ3) is 3.24. The van der Waals surface area contributed by atoms with Crippen LogP contribution in [0.4, 0.5) is 5.82 Å². The van der Waals surface area contributed by atoms with Gasteiger partial charge in [-0.15, -0.1) is 0 Å². The van der Waals surface area contributed by atoms with Crippen molar-refractivity contribution in [3.63, 3.8) is 0 Å². The number of hydrogen-bond donors (Lipinski definition) is 1. The molecule has 152 valence electrons. The molecule has 0 bridgehead atoms. The first-order valence-electron chi connectivity index (χ1n) is 9.36. The molecule has 30 heavy (non-hydrogen) atoms. The summed E-state index contributed by atoms with van der Waals surface area (Å²) in [6, 6.07) is 14.8. The number of aliphatic hydroxyl groups excluding tert-OH is 1. The van der Waals surface area contributed by atoms with Crippen molar-refractivity contribution in [3.8, 4) is 5.75 Å². The van der Waals surface area contributed by atoms with Crippen LogP contribution in [0.15, 0.2) is 64.7 Å². The molecule has 1 fully saturated rings. The summed E-state index contributed by atoms with van der Waals surface area (Å²) in [7, 11) is 1.51. The first-order valence-corrected chi connectivity index (χ1v) is 9.36. The number of aryl methyl sites for hydroxylation is 2. The largest absolute Gasteiger partial charge is 0.507 e. The van der Waals surface area contributed by atoms with Gasteiger partial charge in [0.05, 0.1) is 18.7 Å². The molecule has 1 atom stereocenters. The topological polar surface area (TPSA) is 92.9 Å².